The van der Waals surface area contributed by atoms with Gasteiger partial charge in [0.25, 0.3) is 5.56 Å². The summed E-state index contributed by atoms with van der Waals surface area (Å²) >= 11 is 0. The molecule has 0 atom stereocenters. The monoisotopic (exact) mass is 520 g/mol. The lowest BCUT2D eigenvalue weighted by Crippen LogP contribution is -2.28. The van der Waals surface area contributed by atoms with Gasteiger partial charge >= 0.3 is 11.9 Å². The second-order valence-corrected chi connectivity index (χ2v) is 9.68. The van der Waals surface area contributed by atoms with E-state index < -0.39 is 33.9 Å². The number of hydrogen-bond donors (Lipinski definition) is 2. The summed E-state index contributed by atoms with van der Waals surface area (Å²) in [7, 11) is -2.24. The van der Waals surface area contributed by atoms with Gasteiger partial charge in [-0.3, -0.25) is 24.1 Å². The van der Waals surface area contributed by atoms with Crippen LogP contribution in [0.4, 0.5) is 18.9 Å². The Labute approximate surface area is 202 Å². The van der Waals surface area contributed by atoms with E-state index in [0.29, 0.717) is 16.8 Å². The van der Waals surface area contributed by atoms with Gasteiger partial charge in [0.1, 0.15) is 5.75 Å². The van der Waals surface area contributed by atoms with Crippen LogP contribution in [0.3, 0.4) is 0 Å². The second kappa shape index (κ2) is 9.15. The number of sulfonamides is 1. The van der Waals surface area contributed by atoms with E-state index in [9.17, 15) is 31.2 Å². The molecule has 0 saturated carbocycles. The van der Waals surface area contributed by atoms with Crippen LogP contribution >= 0.6 is 0 Å². The molecule has 0 aliphatic heterocycles. The Hall–Kier alpha value is -4.13. The number of halogens is 3. The number of aromatic amines is 1. The molecule has 0 amide bonds. The van der Waals surface area contributed by atoms with Gasteiger partial charge in [-0.25, -0.2) is 13.2 Å². The lowest BCUT2D eigenvalue weighted by Gasteiger charge is -2.18. The van der Waals surface area contributed by atoms with Crippen molar-refractivity contribution >= 4 is 26.6 Å². The fourth-order valence-corrected chi connectivity index (χ4v) is 4.36. The average Bonchev–Trinajstić information content (AvgIpc) is 2.77. The molecule has 0 bridgehead atoms. The highest BCUT2D eigenvalue weighted by molar-refractivity contribution is 7.92. The van der Waals surface area contributed by atoms with E-state index in [-0.39, 0.29) is 27.9 Å². The van der Waals surface area contributed by atoms with Crippen LogP contribution in [0.25, 0.3) is 27.7 Å². The van der Waals surface area contributed by atoms with Crippen molar-refractivity contribution in [3.05, 3.63) is 81.3 Å². The number of methoxy groups -OCH3 is 1. The maximum Gasteiger partial charge on any atom is 0.393 e. The molecule has 188 valence electrons. The zero-order chi connectivity index (χ0) is 26.3. The molecule has 9 nitrogen and oxygen atoms in total. The Morgan fingerprint density at radius 2 is 1.78 bits per heavy atom. The van der Waals surface area contributed by atoms with Crippen molar-refractivity contribution in [1.29, 1.82) is 0 Å². The number of nitrogens with zero attached hydrogens (tertiary/aromatic N) is 2. The normalized spacial score (nSPS) is 12.0. The van der Waals surface area contributed by atoms with Gasteiger partial charge in [-0.15, -0.1) is 0 Å². The fraction of sp³-hybridized carbons (Fsp3) is 0.174. The highest BCUT2D eigenvalue weighted by Gasteiger charge is 2.31. The molecule has 0 saturated heterocycles. The first-order valence-corrected chi connectivity index (χ1v) is 12.2. The average molecular weight is 520 g/mol. The molecule has 13 heteroatoms. The third kappa shape index (κ3) is 5.40. The number of aromatic nitrogens is 3. The molecule has 2 aromatic carbocycles. The van der Waals surface area contributed by atoms with Crippen LogP contribution < -0.4 is 20.7 Å². The van der Waals surface area contributed by atoms with Gasteiger partial charge in [-0.05, 0) is 29.8 Å². The maximum absolute atomic E-state index is 13.4. The van der Waals surface area contributed by atoms with Crippen LogP contribution in [0.15, 0.2) is 64.4 Å². The van der Waals surface area contributed by atoms with Gasteiger partial charge in [0.2, 0.25) is 10.0 Å². The number of rotatable bonds is 6. The largest absolute Gasteiger partial charge is 0.496 e. The summed E-state index contributed by atoms with van der Waals surface area (Å²) in [6, 6.07) is 10.1. The predicted octanol–water partition coefficient (Wildman–Crippen LogP) is 3.23. The van der Waals surface area contributed by atoms with Crippen molar-refractivity contribution < 1.29 is 26.3 Å². The summed E-state index contributed by atoms with van der Waals surface area (Å²) in [5, 5.41) is 0.211. The Bertz CT molecular complexity index is 1680. The number of alkyl halides is 3. The van der Waals surface area contributed by atoms with Crippen LogP contribution in [0.1, 0.15) is 5.56 Å². The fourth-order valence-electron chi connectivity index (χ4n) is 3.80. The van der Waals surface area contributed by atoms with E-state index in [1.165, 1.54) is 25.4 Å². The molecule has 0 aliphatic rings. The number of anilines is 1. The van der Waals surface area contributed by atoms with E-state index in [0.717, 1.165) is 29.2 Å². The molecule has 2 N–H and O–H groups in total. The summed E-state index contributed by atoms with van der Waals surface area (Å²) in [5.74, 6) is -0.0618. The summed E-state index contributed by atoms with van der Waals surface area (Å²) in [6.07, 6.45) is -2.26. The molecule has 0 radical (unpaired) electrons. The molecule has 2 aromatic heterocycles. The molecule has 0 spiro atoms. The minimum absolute atomic E-state index is 0.0329. The minimum atomic E-state index is -4.57. The van der Waals surface area contributed by atoms with E-state index in [4.69, 9.17) is 4.74 Å². The number of ether oxygens (including phenoxy) is 1. The van der Waals surface area contributed by atoms with Crippen LogP contribution in [0.2, 0.25) is 0 Å². The first-order chi connectivity index (χ1) is 16.8. The summed E-state index contributed by atoms with van der Waals surface area (Å²) < 4.78 is 71.7. The molecule has 0 fully saturated rings. The highest BCUT2D eigenvalue weighted by atomic mass is 32.2. The van der Waals surface area contributed by atoms with Gasteiger partial charge in [0.15, 0.2) is 0 Å². The Balaban J connectivity index is 1.95. The van der Waals surface area contributed by atoms with Gasteiger partial charge in [-0.1, -0.05) is 12.1 Å². The van der Waals surface area contributed by atoms with Gasteiger partial charge in [0.05, 0.1) is 31.0 Å². The van der Waals surface area contributed by atoms with Gasteiger partial charge < -0.3 is 4.74 Å². The number of nitrogens with one attached hydrogen (secondary N) is 2. The predicted molar refractivity (Wildman–Crippen MR) is 128 cm³/mol. The van der Waals surface area contributed by atoms with Gasteiger partial charge in [0, 0.05) is 40.7 Å². The Morgan fingerprint density at radius 1 is 1.08 bits per heavy atom. The third-order valence-corrected chi connectivity index (χ3v) is 5.78. The minimum Gasteiger partial charge on any atom is -0.496 e. The van der Waals surface area contributed by atoms with Gasteiger partial charge in [-0.2, -0.15) is 13.2 Å². The van der Waals surface area contributed by atoms with Crippen molar-refractivity contribution in [2.75, 3.05) is 18.1 Å². The van der Waals surface area contributed by atoms with Crippen molar-refractivity contribution in [2.24, 2.45) is 0 Å². The van der Waals surface area contributed by atoms with E-state index in [2.05, 4.69) is 14.7 Å². The van der Waals surface area contributed by atoms with E-state index >= 15 is 0 Å². The van der Waals surface area contributed by atoms with Crippen molar-refractivity contribution in [3.63, 3.8) is 0 Å². The molecule has 36 heavy (non-hydrogen) atoms. The molecule has 0 unspecified atom stereocenters. The zero-order valence-corrected chi connectivity index (χ0v) is 19.7. The van der Waals surface area contributed by atoms with Crippen LogP contribution in [-0.4, -0.2) is 42.5 Å². The molecular formula is C23H19F3N4O5S. The van der Waals surface area contributed by atoms with E-state index in [1.807, 2.05) is 0 Å². The number of fused-ring (bicyclic) bond motifs is 1. The number of hydrogen-bond acceptors (Lipinski definition) is 6. The summed E-state index contributed by atoms with van der Waals surface area (Å²) in [6.45, 7) is 0. The highest BCUT2D eigenvalue weighted by Crippen LogP contribution is 2.38. The summed E-state index contributed by atoms with van der Waals surface area (Å²) in [5.41, 5.74) is -0.0702. The van der Waals surface area contributed by atoms with Crippen molar-refractivity contribution in [1.82, 2.24) is 14.5 Å². The van der Waals surface area contributed by atoms with Crippen molar-refractivity contribution in [2.45, 2.75) is 12.6 Å². The number of H-pyrrole nitrogens is 1. The number of benzene rings is 2. The maximum atomic E-state index is 13.4. The zero-order valence-electron chi connectivity index (χ0n) is 18.9. The first kappa shape index (κ1) is 25.0. The molecular weight excluding hydrogens is 501 g/mol. The molecule has 0 aliphatic carbocycles. The van der Waals surface area contributed by atoms with Crippen LogP contribution in [-0.2, 0) is 16.4 Å². The second-order valence-electron chi connectivity index (χ2n) is 7.93. The molecule has 4 rings (SSSR count). The molecule has 4 aromatic rings. The first-order valence-electron chi connectivity index (χ1n) is 10.3. The number of pyridine rings is 1. The SMILES string of the molecule is COc1c(CC(F)(F)F)cc(-n2ccc(=O)[nH]c2=O)c2ncc(-c3ccc(NS(C)(=O)=O)cc3)cc12. The lowest BCUT2D eigenvalue weighted by atomic mass is 10.00. The topological polar surface area (TPSA) is 123 Å². The third-order valence-electron chi connectivity index (χ3n) is 5.18. The molecule has 2 heterocycles. The van der Waals surface area contributed by atoms with Crippen LogP contribution in [0.5, 0.6) is 5.75 Å². The van der Waals surface area contributed by atoms with Crippen molar-refractivity contribution in [3.8, 4) is 22.6 Å². The smallest absolute Gasteiger partial charge is 0.393 e. The lowest BCUT2D eigenvalue weighted by molar-refractivity contribution is -0.127. The summed E-state index contributed by atoms with van der Waals surface area (Å²) in [4.78, 5) is 30.4. The van der Waals surface area contributed by atoms with E-state index in [1.54, 1.807) is 18.2 Å². The standard InChI is InChI=1S/C23H19F3N4O5S/c1-35-21-14(11-23(24,25)26)10-18(30-8-7-19(31)28-22(30)32)20-17(21)9-15(12-27-20)13-3-5-16(6-4-13)29-36(2,33)34/h3-10,12,29H,11H2,1-2H3,(H,28,31,32). The Morgan fingerprint density at radius 3 is 2.36 bits per heavy atom. The Kier molecular flexibility index (Phi) is 6.35. The quantitative estimate of drug-likeness (QED) is 0.403. The van der Waals surface area contributed by atoms with Crippen LogP contribution in [0, 0.1) is 0 Å².